The maximum atomic E-state index is 8.74. The average molecular weight is 274 g/mol. The second kappa shape index (κ2) is 5.35. The zero-order chi connectivity index (χ0) is 14.0. The minimum Gasteiger partial charge on any atom is -0.355 e. The van der Waals surface area contributed by atoms with E-state index in [0.717, 1.165) is 31.5 Å². The number of anilines is 1. The Bertz CT molecular complexity index is 495. The van der Waals surface area contributed by atoms with Crippen LogP contribution in [0.4, 0.5) is 5.82 Å². The monoisotopic (exact) mass is 274 g/mol. The summed E-state index contributed by atoms with van der Waals surface area (Å²) in [6.07, 6.45) is 7.04. The largest absolute Gasteiger partial charge is 0.355 e. The topological polar surface area (TPSA) is 71.3 Å². The maximum Gasteiger partial charge on any atom is 0.168 e. The summed E-state index contributed by atoms with van der Waals surface area (Å²) in [4.78, 5) is 10.5. The molecule has 6 heteroatoms. The van der Waals surface area contributed by atoms with E-state index in [9.17, 15) is 0 Å². The van der Waals surface area contributed by atoms with Gasteiger partial charge in [0.1, 0.15) is 11.9 Å². The third-order valence-corrected chi connectivity index (χ3v) is 4.19. The van der Waals surface area contributed by atoms with Crippen molar-refractivity contribution in [3.63, 3.8) is 0 Å². The van der Waals surface area contributed by atoms with E-state index in [-0.39, 0.29) is 5.79 Å². The van der Waals surface area contributed by atoms with Gasteiger partial charge in [0, 0.05) is 25.9 Å². The van der Waals surface area contributed by atoms with Crippen molar-refractivity contribution in [2.45, 2.75) is 37.5 Å². The Balaban J connectivity index is 1.63. The molecule has 0 bridgehead atoms. The van der Waals surface area contributed by atoms with Crippen molar-refractivity contribution in [2.24, 2.45) is 0 Å². The van der Waals surface area contributed by atoms with Crippen LogP contribution in [0.5, 0.6) is 0 Å². The Morgan fingerprint density at radius 2 is 1.95 bits per heavy atom. The fraction of sp³-hybridized carbons (Fsp3) is 0.643. The van der Waals surface area contributed by atoms with Gasteiger partial charge in [-0.1, -0.05) is 0 Å². The highest BCUT2D eigenvalue weighted by molar-refractivity contribution is 5.37. The molecule has 1 spiro atoms. The Morgan fingerprint density at radius 3 is 2.50 bits per heavy atom. The number of nitrogens with zero attached hydrogens (tertiary/aromatic N) is 4. The van der Waals surface area contributed by atoms with Gasteiger partial charge in [-0.25, -0.2) is 9.97 Å². The standard InChI is InChI=1S/C14H18N4O2/c1-18(13-10-16-11(8-15)9-17-13)12-2-4-14(5-3-12)19-6-7-20-14/h9-10,12H,2-7H2,1H3. The highest BCUT2D eigenvalue weighted by atomic mass is 16.7. The maximum absolute atomic E-state index is 8.74. The van der Waals surface area contributed by atoms with E-state index in [0.29, 0.717) is 24.9 Å². The zero-order valence-electron chi connectivity index (χ0n) is 11.6. The fourth-order valence-electron chi connectivity index (χ4n) is 2.96. The second-order valence-corrected chi connectivity index (χ2v) is 5.32. The molecule has 3 rings (SSSR count). The van der Waals surface area contributed by atoms with Crippen LogP contribution in [0.1, 0.15) is 31.4 Å². The van der Waals surface area contributed by atoms with Gasteiger partial charge in [-0.15, -0.1) is 0 Å². The summed E-state index contributed by atoms with van der Waals surface area (Å²) >= 11 is 0. The Hall–Kier alpha value is -1.71. The van der Waals surface area contributed by atoms with Gasteiger partial charge < -0.3 is 14.4 Å². The molecule has 2 heterocycles. The van der Waals surface area contributed by atoms with E-state index in [1.54, 1.807) is 6.20 Å². The van der Waals surface area contributed by atoms with E-state index >= 15 is 0 Å². The summed E-state index contributed by atoms with van der Waals surface area (Å²) in [5, 5.41) is 8.74. The number of aromatic nitrogens is 2. The molecule has 0 N–H and O–H groups in total. The van der Waals surface area contributed by atoms with Gasteiger partial charge in [0.05, 0.1) is 25.6 Å². The predicted octanol–water partition coefficient (Wildman–Crippen LogP) is 1.47. The summed E-state index contributed by atoms with van der Waals surface area (Å²) in [6, 6.07) is 2.39. The van der Waals surface area contributed by atoms with Crippen LogP contribution < -0.4 is 4.90 Å². The SMILES string of the molecule is CN(c1cnc(C#N)cn1)C1CCC2(CC1)OCCO2. The van der Waals surface area contributed by atoms with Gasteiger partial charge >= 0.3 is 0 Å². The quantitative estimate of drug-likeness (QED) is 0.813. The first-order valence-electron chi connectivity index (χ1n) is 6.95. The lowest BCUT2D eigenvalue weighted by atomic mass is 9.89. The van der Waals surface area contributed by atoms with Crippen molar-refractivity contribution in [2.75, 3.05) is 25.2 Å². The highest BCUT2D eigenvalue weighted by Gasteiger charge is 2.41. The van der Waals surface area contributed by atoms with Crippen molar-refractivity contribution in [3.8, 4) is 6.07 Å². The van der Waals surface area contributed by atoms with Crippen LogP contribution in [0, 0.1) is 11.3 Å². The zero-order valence-corrected chi connectivity index (χ0v) is 11.6. The summed E-state index contributed by atoms with van der Waals surface area (Å²) in [5.74, 6) is 0.478. The summed E-state index contributed by atoms with van der Waals surface area (Å²) < 4.78 is 11.5. The molecule has 0 atom stereocenters. The second-order valence-electron chi connectivity index (χ2n) is 5.32. The number of ether oxygens (including phenoxy) is 2. The van der Waals surface area contributed by atoms with Crippen LogP contribution >= 0.6 is 0 Å². The van der Waals surface area contributed by atoms with Crippen molar-refractivity contribution in [3.05, 3.63) is 18.1 Å². The summed E-state index contributed by atoms with van der Waals surface area (Å²) in [6.45, 7) is 1.42. The van der Waals surface area contributed by atoms with E-state index in [2.05, 4.69) is 14.9 Å². The van der Waals surface area contributed by atoms with Gasteiger partial charge in [-0.2, -0.15) is 5.26 Å². The first kappa shape index (κ1) is 13.3. The van der Waals surface area contributed by atoms with E-state index in [1.165, 1.54) is 6.20 Å². The summed E-state index contributed by atoms with van der Waals surface area (Å²) in [7, 11) is 2.02. The number of hydrogen-bond donors (Lipinski definition) is 0. The molecule has 2 aliphatic rings. The molecule has 1 aromatic heterocycles. The van der Waals surface area contributed by atoms with Crippen LogP contribution in [0.15, 0.2) is 12.4 Å². The predicted molar refractivity (Wildman–Crippen MR) is 72.0 cm³/mol. The molecule has 0 unspecified atom stereocenters. The first-order valence-corrected chi connectivity index (χ1v) is 6.95. The molecule has 1 saturated heterocycles. The molecule has 2 fully saturated rings. The molecule has 1 saturated carbocycles. The molecule has 1 aliphatic heterocycles. The lowest BCUT2D eigenvalue weighted by molar-refractivity contribution is -0.178. The van der Waals surface area contributed by atoms with Crippen molar-refractivity contribution in [1.82, 2.24) is 9.97 Å². The van der Waals surface area contributed by atoms with Crippen LogP contribution in [0.3, 0.4) is 0 Å². The molecule has 0 aromatic carbocycles. The van der Waals surface area contributed by atoms with Gasteiger partial charge in [-0.05, 0) is 12.8 Å². The van der Waals surface area contributed by atoms with Crippen molar-refractivity contribution in [1.29, 1.82) is 5.26 Å². The molecule has 0 radical (unpaired) electrons. The molecule has 1 aromatic rings. The number of rotatable bonds is 2. The number of nitriles is 1. The Kier molecular flexibility index (Phi) is 3.55. The molecule has 106 valence electrons. The van der Waals surface area contributed by atoms with E-state index in [1.807, 2.05) is 13.1 Å². The Labute approximate surface area is 118 Å². The van der Waals surface area contributed by atoms with Crippen LogP contribution in [-0.2, 0) is 9.47 Å². The molecular formula is C14H18N4O2. The van der Waals surface area contributed by atoms with Crippen LogP contribution in [-0.4, -0.2) is 42.1 Å². The summed E-state index contributed by atoms with van der Waals surface area (Å²) in [5.41, 5.74) is 0.345. The molecule has 0 amide bonds. The lowest BCUT2D eigenvalue weighted by Crippen LogP contribution is -2.43. The minimum absolute atomic E-state index is 0.326. The van der Waals surface area contributed by atoms with Crippen molar-refractivity contribution >= 4 is 5.82 Å². The molecule has 6 nitrogen and oxygen atoms in total. The van der Waals surface area contributed by atoms with E-state index in [4.69, 9.17) is 14.7 Å². The van der Waals surface area contributed by atoms with Gasteiger partial charge in [0.25, 0.3) is 0 Å². The minimum atomic E-state index is -0.326. The van der Waals surface area contributed by atoms with E-state index < -0.39 is 0 Å². The first-order chi connectivity index (χ1) is 9.72. The van der Waals surface area contributed by atoms with Crippen molar-refractivity contribution < 1.29 is 9.47 Å². The lowest BCUT2D eigenvalue weighted by Gasteiger charge is -2.39. The fourth-order valence-corrected chi connectivity index (χ4v) is 2.96. The van der Waals surface area contributed by atoms with Gasteiger partial charge in [0.2, 0.25) is 0 Å². The van der Waals surface area contributed by atoms with Gasteiger partial charge in [0.15, 0.2) is 11.5 Å². The van der Waals surface area contributed by atoms with Crippen LogP contribution in [0.25, 0.3) is 0 Å². The molecule has 1 aliphatic carbocycles. The smallest absolute Gasteiger partial charge is 0.168 e. The average Bonchev–Trinajstić information content (AvgIpc) is 2.96. The molecular weight excluding hydrogens is 256 g/mol. The third-order valence-electron chi connectivity index (χ3n) is 4.19. The Morgan fingerprint density at radius 1 is 1.25 bits per heavy atom. The normalized spacial score (nSPS) is 21.8. The number of hydrogen-bond acceptors (Lipinski definition) is 6. The van der Waals surface area contributed by atoms with Crippen LogP contribution in [0.2, 0.25) is 0 Å². The third kappa shape index (κ3) is 2.47. The highest BCUT2D eigenvalue weighted by Crippen LogP contribution is 2.37. The van der Waals surface area contributed by atoms with Gasteiger partial charge in [-0.3, -0.25) is 0 Å². The molecule has 20 heavy (non-hydrogen) atoms.